The largest absolute Gasteiger partial charge is 0.352 e. The second-order valence-corrected chi connectivity index (χ2v) is 6.01. The van der Waals surface area contributed by atoms with Crippen molar-refractivity contribution in [2.75, 3.05) is 18.4 Å². The van der Waals surface area contributed by atoms with Crippen molar-refractivity contribution in [1.29, 1.82) is 0 Å². The fourth-order valence-electron chi connectivity index (χ4n) is 2.36. The number of anilines is 1. The number of carbonyl (C=O) groups excluding carboxylic acids is 3. The summed E-state index contributed by atoms with van der Waals surface area (Å²) in [6, 6.07) is 9.11. The van der Waals surface area contributed by atoms with Crippen molar-refractivity contribution in [3.05, 3.63) is 65.2 Å². The second-order valence-electron chi connectivity index (χ2n) is 6.01. The van der Waals surface area contributed by atoms with E-state index in [0.29, 0.717) is 23.9 Å². The molecule has 3 N–H and O–H groups in total. The molecule has 28 heavy (non-hydrogen) atoms. The minimum Gasteiger partial charge on any atom is -0.352 e. The predicted octanol–water partition coefficient (Wildman–Crippen LogP) is 2.86. The van der Waals surface area contributed by atoms with Gasteiger partial charge in [0.25, 0.3) is 11.8 Å². The molecule has 0 heterocycles. The first-order chi connectivity index (χ1) is 13.4. The summed E-state index contributed by atoms with van der Waals surface area (Å²) in [7, 11) is 0. The molecule has 148 valence electrons. The van der Waals surface area contributed by atoms with Gasteiger partial charge in [0.2, 0.25) is 5.91 Å². The van der Waals surface area contributed by atoms with E-state index in [1.54, 1.807) is 24.3 Å². The average molecular weight is 389 g/mol. The van der Waals surface area contributed by atoms with Crippen LogP contribution in [0.25, 0.3) is 0 Å². The highest BCUT2D eigenvalue weighted by molar-refractivity contribution is 5.97. The maximum absolute atomic E-state index is 13.5. The molecule has 0 aliphatic carbocycles. The van der Waals surface area contributed by atoms with Gasteiger partial charge in [-0.15, -0.1) is 0 Å². The van der Waals surface area contributed by atoms with Crippen LogP contribution < -0.4 is 16.0 Å². The molecule has 0 aliphatic heterocycles. The molecule has 6 nitrogen and oxygen atoms in total. The summed E-state index contributed by atoms with van der Waals surface area (Å²) in [5.74, 6) is -3.10. The fraction of sp³-hybridized carbons (Fsp3) is 0.250. The third-order valence-corrected chi connectivity index (χ3v) is 3.76. The Bertz CT molecular complexity index is 872. The monoisotopic (exact) mass is 389 g/mol. The van der Waals surface area contributed by atoms with Crippen LogP contribution in [0.15, 0.2) is 42.5 Å². The van der Waals surface area contributed by atoms with Gasteiger partial charge in [0.15, 0.2) is 0 Å². The summed E-state index contributed by atoms with van der Waals surface area (Å²) in [6.07, 6.45) is 0.760. The highest BCUT2D eigenvalue weighted by atomic mass is 19.1. The van der Waals surface area contributed by atoms with Gasteiger partial charge < -0.3 is 16.0 Å². The lowest BCUT2D eigenvalue weighted by Gasteiger charge is -2.09. The lowest BCUT2D eigenvalue weighted by atomic mass is 10.2. The minimum absolute atomic E-state index is 0.0296. The molecule has 2 rings (SSSR count). The highest BCUT2D eigenvalue weighted by Gasteiger charge is 2.13. The zero-order valence-electron chi connectivity index (χ0n) is 15.4. The second kappa shape index (κ2) is 10.1. The zero-order chi connectivity index (χ0) is 20.5. The van der Waals surface area contributed by atoms with Crippen molar-refractivity contribution < 1.29 is 23.2 Å². The predicted molar refractivity (Wildman–Crippen MR) is 101 cm³/mol. The summed E-state index contributed by atoms with van der Waals surface area (Å²) in [4.78, 5) is 35.8. The zero-order valence-corrected chi connectivity index (χ0v) is 15.4. The van der Waals surface area contributed by atoms with Crippen molar-refractivity contribution in [3.8, 4) is 0 Å². The van der Waals surface area contributed by atoms with Crippen molar-refractivity contribution in [3.63, 3.8) is 0 Å². The number of halogens is 2. The third kappa shape index (κ3) is 6.15. The smallest absolute Gasteiger partial charge is 0.254 e. The first-order valence-corrected chi connectivity index (χ1v) is 8.82. The Labute approximate surface area is 161 Å². The van der Waals surface area contributed by atoms with E-state index in [2.05, 4.69) is 16.0 Å². The topological polar surface area (TPSA) is 87.3 Å². The van der Waals surface area contributed by atoms with E-state index in [9.17, 15) is 23.2 Å². The maximum atomic E-state index is 13.5. The Morgan fingerprint density at radius 1 is 0.929 bits per heavy atom. The number of nitrogens with one attached hydrogen (secondary N) is 3. The van der Waals surface area contributed by atoms with Gasteiger partial charge >= 0.3 is 0 Å². The van der Waals surface area contributed by atoms with E-state index in [4.69, 9.17) is 0 Å². The van der Waals surface area contributed by atoms with Crippen LogP contribution in [-0.4, -0.2) is 30.8 Å². The standard InChI is InChI=1S/C20H21F2N3O3/c1-2-9-23-19(27)13-4-3-5-15(11-13)25-18(26)8-10-24-20(28)16-7-6-14(21)12-17(16)22/h3-7,11-12H,2,8-10H2,1H3,(H,23,27)(H,24,28)(H,25,26). The van der Waals surface area contributed by atoms with Crippen LogP contribution >= 0.6 is 0 Å². The summed E-state index contributed by atoms with van der Waals surface area (Å²) < 4.78 is 26.4. The third-order valence-electron chi connectivity index (χ3n) is 3.76. The first kappa shape index (κ1) is 21.0. The van der Waals surface area contributed by atoms with Crippen LogP contribution in [0.3, 0.4) is 0 Å². The lowest BCUT2D eigenvalue weighted by Crippen LogP contribution is -2.28. The molecule has 0 bridgehead atoms. The maximum Gasteiger partial charge on any atom is 0.254 e. The molecule has 0 unspecified atom stereocenters. The molecular formula is C20H21F2N3O3. The van der Waals surface area contributed by atoms with Gasteiger partial charge in [0.05, 0.1) is 5.56 Å². The summed E-state index contributed by atoms with van der Waals surface area (Å²) in [5, 5.41) is 7.78. The van der Waals surface area contributed by atoms with Crippen LogP contribution in [0.2, 0.25) is 0 Å². The number of amides is 3. The number of hydrogen-bond donors (Lipinski definition) is 3. The lowest BCUT2D eigenvalue weighted by molar-refractivity contribution is -0.116. The molecule has 2 aromatic carbocycles. The van der Waals surface area contributed by atoms with Crippen LogP contribution in [0.1, 0.15) is 40.5 Å². The van der Waals surface area contributed by atoms with E-state index in [1.807, 2.05) is 6.92 Å². The summed E-state index contributed by atoms with van der Waals surface area (Å²) in [6.45, 7) is 2.47. The number of benzene rings is 2. The van der Waals surface area contributed by atoms with Crippen molar-refractivity contribution in [2.24, 2.45) is 0 Å². The molecule has 0 saturated carbocycles. The van der Waals surface area contributed by atoms with Gasteiger partial charge in [0.1, 0.15) is 11.6 Å². The molecule has 0 spiro atoms. The Balaban J connectivity index is 1.84. The minimum atomic E-state index is -0.972. The average Bonchev–Trinajstić information content (AvgIpc) is 2.66. The summed E-state index contributed by atoms with van der Waals surface area (Å²) >= 11 is 0. The van der Waals surface area contributed by atoms with Gasteiger partial charge in [-0.3, -0.25) is 14.4 Å². The van der Waals surface area contributed by atoms with Gasteiger partial charge in [-0.2, -0.15) is 0 Å². The van der Waals surface area contributed by atoms with E-state index in [-0.39, 0.29) is 30.3 Å². The van der Waals surface area contributed by atoms with E-state index in [0.717, 1.165) is 18.6 Å². The molecule has 0 aromatic heterocycles. The fourth-order valence-corrected chi connectivity index (χ4v) is 2.36. The molecule has 0 atom stereocenters. The SMILES string of the molecule is CCCNC(=O)c1cccc(NC(=O)CCNC(=O)c2ccc(F)cc2F)c1. The Morgan fingerprint density at radius 3 is 2.39 bits per heavy atom. The van der Waals surface area contributed by atoms with Crippen LogP contribution in [-0.2, 0) is 4.79 Å². The molecule has 8 heteroatoms. The van der Waals surface area contributed by atoms with Gasteiger partial charge in [-0.05, 0) is 36.8 Å². The van der Waals surface area contributed by atoms with Crippen molar-refractivity contribution in [1.82, 2.24) is 10.6 Å². The van der Waals surface area contributed by atoms with Gasteiger partial charge in [-0.25, -0.2) is 8.78 Å². The molecule has 0 radical (unpaired) electrons. The van der Waals surface area contributed by atoms with Crippen molar-refractivity contribution in [2.45, 2.75) is 19.8 Å². The quantitative estimate of drug-likeness (QED) is 0.649. The highest BCUT2D eigenvalue weighted by Crippen LogP contribution is 2.11. The number of rotatable bonds is 8. The first-order valence-electron chi connectivity index (χ1n) is 8.82. The Morgan fingerprint density at radius 2 is 1.68 bits per heavy atom. The molecule has 2 aromatic rings. The molecule has 3 amide bonds. The van der Waals surface area contributed by atoms with Crippen molar-refractivity contribution >= 4 is 23.4 Å². The number of carbonyl (C=O) groups is 3. The Hall–Kier alpha value is -3.29. The summed E-state index contributed by atoms with van der Waals surface area (Å²) in [5.41, 5.74) is 0.573. The molecular weight excluding hydrogens is 368 g/mol. The van der Waals surface area contributed by atoms with E-state index >= 15 is 0 Å². The number of hydrogen-bond acceptors (Lipinski definition) is 3. The molecule has 0 saturated heterocycles. The van der Waals surface area contributed by atoms with E-state index in [1.165, 1.54) is 0 Å². The molecule has 0 aliphatic rings. The molecule has 0 fully saturated rings. The van der Waals surface area contributed by atoms with Crippen LogP contribution in [0, 0.1) is 11.6 Å². The van der Waals surface area contributed by atoms with Crippen LogP contribution in [0.4, 0.5) is 14.5 Å². The Kier molecular flexibility index (Phi) is 7.62. The van der Waals surface area contributed by atoms with Crippen LogP contribution in [0.5, 0.6) is 0 Å². The van der Waals surface area contributed by atoms with E-state index < -0.39 is 17.5 Å². The van der Waals surface area contributed by atoms with Gasteiger partial charge in [0, 0.05) is 36.8 Å². The normalized spacial score (nSPS) is 10.2. The van der Waals surface area contributed by atoms with Gasteiger partial charge in [-0.1, -0.05) is 13.0 Å².